The number of benzene rings is 1. The summed E-state index contributed by atoms with van der Waals surface area (Å²) in [4.78, 5) is 31.3. The molecule has 2 N–H and O–H groups in total. The molecule has 6 nitrogen and oxygen atoms in total. The number of hydrogen-bond acceptors (Lipinski definition) is 3. The maximum absolute atomic E-state index is 12.9. The van der Waals surface area contributed by atoms with Crippen molar-refractivity contribution in [2.75, 3.05) is 0 Å². The largest absolute Gasteiger partial charge is 0.350 e. The van der Waals surface area contributed by atoms with Crippen molar-refractivity contribution in [3.63, 3.8) is 0 Å². The second kappa shape index (κ2) is 6.64. The molecule has 0 fully saturated rings. The van der Waals surface area contributed by atoms with Crippen LogP contribution in [0.5, 0.6) is 0 Å². The Bertz CT molecular complexity index is 1210. The molecule has 2 aromatic heterocycles. The van der Waals surface area contributed by atoms with Crippen LogP contribution < -0.4 is 11.2 Å². The highest BCUT2D eigenvalue weighted by molar-refractivity contribution is 9.10. The first kappa shape index (κ1) is 18.0. The summed E-state index contributed by atoms with van der Waals surface area (Å²) in [6.07, 6.45) is 4.99. The summed E-state index contributed by atoms with van der Waals surface area (Å²) in [7, 11) is 0. The van der Waals surface area contributed by atoms with E-state index in [-0.39, 0.29) is 5.92 Å². The summed E-state index contributed by atoms with van der Waals surface area (Å²) in [6, 6.07) is 5.62. The molecular weight excluding hydrogens is 408 g/mol. The number of allylic oxidation sites excluding steroid dienone is 2. The Morgan fingerprint density at radius 1 is 1.22 bits per heavy atom. The Kier molecular flexibility index (Phi) is 4.42. The van der Waals surface area contributed by atoms with Crippen LogP contribution in [-0.2, 0) is 0 Å². The number of fused-ring (bicyclic) bond motifs is 3. The molecule has 2 heterocycles. The first-order chi connectivity index (χ1) is 12.8. The van der Waals surface area contributed by atoms with Gasteiger partial charge in [-0.15, -0.1) is 4.68 Å². The highest BCUT2D eigenvalue weighted by Crippen LogP contribution is 2.32. The standard InChI is InChI=1S/C20H21BrN4O2/c1-10-6-11(2)15(12(3)7-10)9-22-25-19(26)18-17(24-20(25)27)14-8-13(21)4-5-16(14)23-18/h4-6,8-9,11-12,15,23H,7H2,1-3H3,(H,24,27)/b22-9-/t11-,12-,15-/m0/s1. The number of rotatable bonds is 2. The van der Waals surface area contributed by atoms with Crippen LogP contribution in [0.2, 0.25) is 0 Å². The van der Waals surface area contributed by atoms with Crippen molar-refractivity contribution < 1.29 is 0 Å². The average molecular weight is 429 g/mol. The smallest absolute Gasteiger partial charge is 0.349 e. The van der Waals surface area contributed by atoms with Crippen molar-refractivity contribution in [2.24, 2.45) is 22.9 Å². The molecule has 1 aliphatic rings. The second-order valence-electron chi connectivity index (χ2n) is 7.51. The molecule has 140 valence electrons. The molecular formula is C20H21BrN4O2. The first-order valence-corrected chi connectivity index (χ1v) is 9.82. The van der Waals surface area contributed by atoms with Crippen LogP contribution in [0.25, 0.3) is 21.9 Å². The number of hydrogen-bond donors (Lipinski definition) is 2. The Labute approximate surface area is 164 Å². The number of H-pyrrole nitrogens is 2. The molecule has 0 aliphatic heterocycles. The predicted molar refractivity (Wildman–Crippen MR) is 112 cm³/mol. The third kappa shape index (κ3) is 3.10. The van der Waals surface area contributed by atoms with Crippen molar-refractivity contribution in [3.05, 3.63) is 55.2 Å². The zero-order valence-electron chi connectivity index (χ0n) is 15.4. The zero-order valence-corrected chi connectivity index (χ0v) is 17.0. The van der Waals surface area contributed by atoms with Crippen LogP contribution in [-0.4, -0.2) is 20.9 Å². The van der Waals surface area contributed by atoms with Crippen molar-refractivity contribution in [1.29, 1.82) is 0 Å². The topological polar surface area (TPSA) is 83.0 Å². The molecule has 27 heavy (non-hydrogen) atoms. The summed E-state index contributed by atoms with van der Waals surface area (Å²) in [6.45, 7) is 6.45. The van der Waals surface area contributed by atoms with Gasteiger partial charge in [0, 0.05) is 27.5 Å². The molecule has 3 atom stereocenters. The highest BCUT2D eigenvalue weighted by Gasteiger charge is 2.25. The van der Waals surface area contributed by atoms with Gasteiger partial charge in [-0.1, -0.05) is 41.4 Å². The van der Waals surface area contributed by atoms with Crippen LogP contribution in [0.1, 0.15) is 27.2 Å². The highest BCUT2D eigenvalue weighted by atomic mass is 79.9. The van der Waals surface area contributed by atoms with Crippen LogP contribution in [0.15, 0.2) is 49.0 Å². The van der Waals surface area contributed by atoms with Gasteiger partial charge in [0.15, 0.2) is 0 Å². The first-order valence-electron chi connectivity index (χ1n) is 9.03. The fourth-order valence-corrected chi connectivity index (χ4v) is 4.49. The SMILES string of the molecule is CC1=C[C@H](C)[C@H](/C=N\n2c(=O)[nH]c3c([nH]c4ccc(Br)cc43)c2=O)[C@@H](C)C1. The monoisotopic (exact) mass is 428 g/mol. The lowest BCUT2D eigenvalue weighted by Crippen LogP contribution is -2.33. The quantitative estimate of drug-likeness (QED) is 0.477. The molecule has 3 aromatic rings. The molecule has 0 unspecified atom stereocenters. The lowest BCUT2D eigenvalue weighted by molar-refractivity contribution is 0.361. The number of nitrogens with one attached hydrogen (secondary N) is 2. The molecule has 1 aliphatic carbocycles. The van der Waals surface area contributed by atoms with Crippen LogP contribution in [0.3, 0.4) is 0 Å². The van der Waals surface area contributed by atoms with E-state index < -0.39 is 11.2 Å². The van der Waals surface area contributed by atoms with E-state index in [9.17, 15) is 9.59 Å². The van der Waals surface area contributed by atoms with Gasteiger partial charge in [-0.3, -0.25) is 4.79 Å². The number of nitrogens with zero attached hydrogens (tertiary/aromatic N) is 2. The van der Waals surface area contributed by atoms with E-state index >= 15 is 0 Å². The van der Waals surface area contributed by atoms with Gasteiger partial charge in [-0.25, -0.2) is 4.79 Å². The number of aromatic amines is 2. The minimum absolute atomic E-state index is 0.189. The lowest BCUT2D eigenvalue weighted by Gasteiger charge is -2.29. The van der Waals surface area contributed by atoms with Gasteiger partial charge < -0.3 is 9.97 Å². The van der Waals surface area contributed by atoms with E-state index in [1.54, 1.807) is 6.21 Å². The van der Waals surface area contributed by atoms with Crippen molar-refractivity contribution >= 4 is 44.1 Å². The fourth-order valence-electron chi connectivity index (χ4n) is 4.13. The summed E-state index contributed by atoms with van der Waals surface area (Å²) < 4.78 is 1.79. The van der Waals surface area contributed by atoms with Gasteiger partial charge in [-0.05, 0) is 43.4 Å². The van der Waals surface area contributed by atoms with Gasteiger partial charge in [0.05, 0.1) is 5.52 Å². The molecule has 4 rings (SSSR count). The average Bonchev–Trinajstić information content (AvgIpc) is 2.94. The molecule has 0 bridgehead atoms. The van der Waals surface area contributed by atoms with Gasteiger partial charge >= 0.3 is 11.2 Å². The Hall–Kier alpha value is -2.41. The van der Waals surface area contributed by atoms with Gasteiger partial charge in [0.25, 0.3) is 0 Å². The van der Waals surface area contributed by atoms with Crippen molar-refractivity contribution in [2.45, 2.75) is 27.2 Å². The van der Waals surface area contributed by atoms with Gasteiger partial charge in [0.2, 0.25) is 0 Å². The molecule has 0 saturated heterocycles. The summed E-state index contributed by atoms with van der Waals surface area (Å²) in [5.41, 5.74) is 2.04. The molecule has 1 aromatic carbocycles. The summed E-state index contributed by atoms with van der Waals surface area (Å²) in [5, 5.41) is 5.06. The number of aromatic nitrogens is 3. The molecule has 0 amide bonds. The van der Waals surface area contributed by atoms with Crippen LogP contribution in [0, 0.1) is 17.8 Å². The maximum Gasteiger partial charge on any atom is 0.350 e. The van der Waals surface area contributed by atoms with E-state index in [0.29, 0.717) is 22.9 Å². The Morgan fingerprint density at radius 2 is 2.00 bits per heavy atom. The normalized spacial score (nSPS) is 23.4. The van der Waals surface area contributed by atoms with E-state index in [4.69, 9.17) is 0 Å². The lowest BCUT2D eigenvalue weighted by atomic mass is 9.76. The Morgan fingerprint density at radius 3 is 2.74 bits per heavy atom. The molecule has 7 heteroatoms. The predicted octanol–water partition coefficient (Wildman–Crippen LogP) is 4.01. The van der Waals surface area contributed by atoms with Crippen LogP contribution in [0.4, 0.5) is 0 Å². The van der Waals surface area contributed by atoms with Crippen molar-refractivity contribution in [1.82, 2.24) is 14.6 Å². The van der Waals surface area contributed by atoms with E-state index in [0.717, 1.165) is 26.5 Å². The summed E-state index contributed by atoms with van der Waals surface area (Å²) in [5.74, 6) is 0.925. The maximum atomic E-state index is 12.9. The van der Waals surface area contributed by atoms with E-state index in [1.807, 2.05) is 18.2 Å². The third-order valence-electron chi connectivity index (χ3n) is 5.40. The fraction of sp³-hybridized carbons (Fsp3) is 0.350. The van der Waals surface area contributed by atoms with Crippen molar-refractivity contribution in [3.8, 4) is 0 Å². The molecule has 0 spiro atoms. The van der Waals surface area contributed by atoms with Gasteiger partial charge in [-0.2, -0.15) is 5.10 Å². The third-order valence-corrected chi connectivity index (χ3v) is 5.89. The zero-order chi connectivity index (χ0) is 19.3. The summed E-state index contributed by atoms with van der Waals surface area (Å²) >= 11 is 3.42. The van der Waals surface area contributed by atoms with E-state index in [1.165, 1.54) is 5.57 Å². The minimum atomic E-state index is -0.535. The minimum Gasteiger partial charge on any atom is -0.349 e. The Balaban J connectivity index is 1.82. The second-order valence-corrected chi connectivity index (χ2v) is 8.42. The number of halogens is 1. The van der Waals surface area contributed by atoms with Crippen LogP contribution >= 0.6 is 15.9 Å². The van der Waals surface area contributed by atoms with E-state index in [2.05, 4.69) is 57.8 Å². The van der Waals surface area contributed by atoms with Gasteiger partial charge in [0.1, 0.15) is 5.52 Å². The molecule has 0 radical (unpaired) electrons. The molecule has 0 saturated carbocycles.